The Morgan fingerprint density at radius 1 is 1.19 bits per heavy atom. The minimum atomic E-state index is -0.810. The Hall–Kier alpha value is -2.44. The van der Waals surface area contributed by atoms with Crippen LogP contribution in [0.15, 0.2) is 53.5 Å². The predicted molar refractivity (Wildman–Crippen MR) is 113 cm³/mol. The van der Waals surface area contributed by atoms with Gasteiger partial charge in [-0.25, -0.2) is 4.99 Å². The lowest BCUT2D eigenvalue weighted by Gasteiger charge is -2.22. The number of anilines is 1. The lowest BCUT2D eigenvalue weighted by atomic mass is 10.0. The molecule has 2 aromatic rings. The maximum absolute atomic E-state index is 13.0. The number of likely N-dealkylation sites (N-methyl/N-ethyl adjacent to an activating group) is 1. The van der Waals surface area contributed by atoms with Crippen molar-refractivity contribution < 1.29 is 4.79 Å². The quantitative estimate of drug-likeness (QED) is 0.780. The van der Waals surface area contributed by atoms with Gasteiger partial charge in [0, 0.05) is 29.2 Å². The van der Waals surface area contributed by atoms with Crippen molar-refractivity contribution in [3.8, 4) is 0 Å². The van der Waals surface area contributed by atoms with Crippen LogP contribution in [-0.2, 0) is 4.79 Å². The highest BCUT2D eigenvalue weighted by atomic mass is 35.5. The largest absolute Gasteiger partial charge is 0.360 e. The van der Waals surface area contributed by atoms with E-state index in [4.69, 9.17) is 28.8 Å². The van der Waals surface area contributed by atoms with Gasteiger partial charge in [-0.3, -0.25) is 4.79 Å². The van der Waals surface area contributed by atoms with Gasteiger partial charge in [-0.05, 0) is 43.3 Å². The molecule has 138 valence electrons. The second-order valence-electron chi connectivity index (χ2n) is 6.70. The highest BCUT2D eigenvalue weighted by molar-refractivity contribution is 7.80. The second-order valence-corrected chi connectivity index (χ2v) is 7.54. The van der Waals surface area contributed by atoms with Crippen molar-refractivity contribution in [2.24, 2.45) is 4.99 Å². The molecular formula is C20H19ClN4OS. The normalized spacial score (nSPS) is 19.0. The van der Waals surface area contributed by atoms with Crippen LogP contribution in [0.3, 0.4) is 0 Å². The molecule has 0 aromatic heterocycles. The lowest BCUT2D eigenvalue weighted by Crippen LogP contribution is -2.49. The molecule has 1 heterocycles. The fraction of sp³-hybridized carbons (Fsp3) is 0.250. The van der Waals surface area contributed by atoms with E-state index in [1.807, 2.05) is 42.5 Å². The van der Waals surface area contributed by atoms with Gasteiger partial charge >= 0.3 is 0 Å². The SMILES string of the molecule is CN1C(=O)C(NC(=S)NC2CC2)N=C(c2ccccc2)c2cc(Cl)ccc21. The highest BCUT2D eigenvalue weighted by Gasteiger charge is 2.31. The first-order chi connectivity index (χ1) is 13.0. The molecule has 0 bridgehead atoms. The zero-order chi connectivity index (χ0) is 19.0. The first kappa shape index (κ1) is 17.9. The van der Waals surface area contributed by atoms with Crippen molar-refractivity contribution >= 4 is 46.2 Å². The number of benzene rings is 2. The molecule has 7 heteroatoms. The fourth-order valence-electron chi connectivity index (χ4n) is 3.05. The Morgan fingerprint density at radius 3 is 2.63 bits per heavy atom. The van der Waals surface area contributed by atoms with Crippen LogP contribution in [0, 0.1) is 0 Å². The van der Waals surface area contributed by atoms with Gasteiger partial charge in [-0.15, -0.1) is 0 Å². The van der Waals surface area contributed by atoms with E-state index in [0.717, 1.165) is 29.7 Å². The van der Waals surface area contributed by atoms with Gasteiger partial charge in [-0.2, -0.15) is 0 Å². The maximum atomic E-state index is 13.0. The van der Waals surface area contributed by atoms with E-state index >= 15 is 0 Å². The van der Waals surface area contributed by atoms with Crippen molar-refractivity contribution in [3.05, 3.63) is 64.7 Å². The van der Waals surface area contributed by atoms with Crippen LogP contribution < -0.4 is 15.5 Å². The first-order valence-corrected chi connectivity index (χ1v) is 9.59. The Labute approximate surface area is 168 Å². The summed E-state index contributed by atoms with van der Waals surface area (Å²) < 4.78 is 0. The zero-order valence-corrected chi connectivity index (χ0v) is 16.3. The molecule has 2 N–H and O–H groups in total. The Kier molecular flexibility index (Phi) is 4.85. The van der Waals surface area contributed by atoms with Gasteiger partial charge in [0.1, 0.15) is 0 Å². The van der Waals surface area contributed by atoms with E-state index in [1.54, 1.807) is 18.0 Å². The van der Waals surface area contributed by atoms with Crippen LogP contribution in [0.4, 0.5) is 5.69 Å². The third kappa shape index (κ3) is 3.82. The molecule has 1 aliphatic heterocycles. The summed E-state index contributed by atoms with van der Waals surface area (Å²) in [5.41, 5.74) is 3.20. The number of halogens is 1. The number of aliphatic imine (C=N–C) groups is 1. The first-order valence-electron chi connectivity index (χ1n) is 8.80. The van der Waals surface area contributed by atoms with Crippen molar-refractivity contribution in [2.75, 3.05) is 11.9 Å². The molecule has 1 saturated carbocycles. The minimum absolute atomic E-state index is 0.176. The third-order valence-electron chi connectivity index (χ3n) is 4.63. The average molecular weight is 399 g/mol. The van der Waals surface area contributed by atoms with Gasteiger partial charge in [-0.1, -0.05) is 41.9 Å². The summed E-state index contributed by atoms with van der Waals surface area (Å²) in [6.45, 7) is 0. The zero-order valence-electron chi connectivity index (χ0n) is 14.8. The molecule has 5 nitrogen and oxygen atoms in total. The number of hydrogen-bond acceptors (Lipinski definition) is 3. The van der Waals surface area contributed by atoms with Gasteiger partial charge < -0.3 is 15.5 Å². The molecule has 2 aliphatic rings. The van der Waals surface area contributed by atoms with E-state index in [2.05, 4.69) is 10.6 Å². The summed E-state index contributed by atoms with van der Waals surface area (Å²) in [5.74, 6) is -0.176. The van der Waals surface area contributed by atoms with E-state index in [-0.39, 0.29) is 5.91 Å². The monoisotopic (exact) mass is 398 g/mol. The number of amides is 1. The molecule has 1 atom stereocenters. The molecule has 0 saturated heterocycles. The van der Waals surface area contributed by atoms with Crippen LogP contribution in [0.1, 0.15) is 24.0 Å². The van der Waals surface area contributed by atoms with Gasteiger partial charge in [0.2, 0.25) is 6.17 Å². The number of benzodiazepines with no additional fused rings is 1. The number of hydrogen-bond donors (Lipinski definition) is 2. The summed E-state index contributed by atoms with van der Waals surface area (Å²) in [6, 6.07) is 15.6. The minimum Gasteiger partial charge on any atom is -0.360 e. The van der Waals surface area contributed by atoms with Crippen LogP contribution >= 0.6 is 23.8 Å². The Balaban J connectivity index is 1.78. The number of carbonyl (C=O) groups is 1. The summed E-state index contributed by atoms with van der Waals surface area (Å²) >= 11 is 11.6. The molecule has 4 rings (SSSR count). The van der Waals surface area contributed by atoms with Crippen LogP contribution in [0.25, 0.3) is 0 Å². The molecule has 2 aromatic carbocycles. The summed E-state index contributed by atoms with van der Waals surface area (Å²) in [5, 5.41) is 7.31. The van der Waals surface area contributed by atoms with Crippen molar-refractivity contribution in [1.29, 1.82) is 0 Å². The van der Waals surface area contributed by atoms with Gasteiger partial charge in [0.25, 0.3) is 5.91 Å². The molecule has 27 heavy (non-hydrogen) atoms. The smallest absolute Gasteiger partial charge is 0.272 e. The Morgan fingerprint density at radius 2 is 1.93 bits per heavy atom. The number of nitrogens with zero attached hydrogens (tertiary/aromatic N) is 2. The van der Waals surface area contributed by atoms with Crippen LogP contribution in [0.2, 0.25) is 5.02 Å². The van der Waals surface area contributed by atoms with Crippen LogP contribution in [-0.4, -0.2) is 36.0 Å². The molecule has 0 radical (unpaired) electrons. The van der Waals surface area contributed by atoms with E-state index < -0.39 is 6.17 Å². The van der Waals surface area contributed by atoms with E-state index in [0.29, 0.717) is 21.9 Å². The third-order valence-corrected chi connectivity index (χ3v) is 5.10. The number of rotatable bonds is 3. The molecule has 0 spiro atoms. The number of carbonyl (C=O) groups excluding carboxylic acids is 1. The number of fused-ring (bicyclic) bond motifs is 1. The topological polar surface area (TPSA) is 56.7 Å². The van der Waals surface area contributed by atoms with Gasteiger partial charge in [0.05, 0.1) is 11.4 Å². The van der Waals surface area contributed by atoms with Gasteiger partial charge in [0.15, 0.2) is 5.11 Å². The van der Waals surface area contributed by atoms with Crippen molar-refractivity contribution in [1.82, 2.24) is 10.6 Å². The summed E-state index contributed by atoms with van der Waals surface area (Å²) in [7, 11) is 1.74. The number of nitrogens with one attached hydrogen (secondary N) is 2. The average Bonchev–Trinajstić information content (AvgIpc) is 3.48. The summed E-state index contributed by atoms with van der Waals surface area (Å²) in [6.07, 6.45) is 1.39. The van der Waals surface area contributed by atoms with E-state index in [9.17, 15) is 4.79 Å². The lowest BCUT2D eigenvalue weighted by molar-refractivity contribution is -0.119. The molecule has 1 fully saturated rings. The van der Waals surface area contributed by atoms with Crippen LogP contribution in [0.5, 0.6) is 0 Å². The standard InChI is InChI=1S/C20H19ClN4OS/c1-25-16-10-7-13(21)11-15(16)17(12-5-3-2-4-6-12)23-18(19(25)26)24-20(27)22-14-8-9-14/h2-7,10-11,14,18H,8-9H2,1H3,(H2,22,24,27). The molecule has 1 unspecified atom stereocenters. The van der Waals surface area contributed by atoms with Crippen molar-refractivity contribution in [2.45, 2.75) is 25.0 Å². The highest BCUT2D eigenvalue weighted by Crippen LogP contribution is 2.29. The fourth-order valence-corrected chi connectivity index (χ4v) is 3.50. The molecule has 1 aliphatic carbocycles. The molecular weight excluding hydrogens is 380 g/mol. The number of thiocarbonyl (C=S) groups is 1. The Bertz CT molecular complexity index is 927. The second kappa shape index (κ2) is 7.29. The predicted octanol–water partition coefficient (Wildman–Crippen LogP) is 3.11. The maximum Gasteiger partial charge on any atom is 0.272 e. The van der Waals surface area contributed by atoms with E-state index in [1.165, 1.54) is 0 Å². The van der Waals surface area contributed by atoms with Crippen molar-refractivity contribution in [3.63, 3.8) is 0 Å². The molecule has 1 amide bonds. The summed E-state index contributed by atoms with van der Waals surface area (Å²) in [4.78, 5) is 19.4.